The molecule has 2 atom stereocenters. The molecule has 0 aliphatic carbocycles. The van der Waals surface area contributed by atoms with E-state index in [1.54, 1.807) is 4.90 Å². The molecule has 110 valence electrons. The van der Waals surface area contributed by atoms with E-state index in [2.05, 4.69) is 5.32 Å². The Labute approximate surface area is 114 Å². The zero-order valence-electron chi connectivity index (χ0n) is 11.9. The number of nitrogens with one attached hydrogen (secondary N) is 1. The summed E-state index contributed by atoms with van der Waals surface area (Å²) < 4.78 is 5.18. The van der Waals surface area contributed by atoms with Gasteiger partial charge in [0.05, 0.1) is 19.3 Å². The zero-order chi connectivity index (χ0) is 14.3. The third kappa shape index (κ3) is 5.16. The first-order valence-corrected chi connectivity index (χ1v) is 6.95. The molecule has 2 amide bonds. The minimum atomic E-state index is -0.497. The number of carbonyl (C=O) groups is 2. The van der Waals surface area contributed by atoms with E-state index >= 15 is 0 Å². The van der Waals surface area contributed by atoms with Crippen molar-refractivity contribution in [3.63, 3.8) is 0 Å². The number of nitrogens with two attached hydrogens (primary N) is 1. The summed E-state index contributed by atoms with van der Waals surface area (Å²) in [5.74, 6) is 0.0276. The fourth-order valence-corrected chi connectivity index (χ4v) is 1.89. The molecular weight excluding hydrogens is 246 g/mol. The average molecular weight is 271 g/mol. The monoisotopic (exact) mass is 271 g/mol. The standard InChI is InChI=1S/C13H25N3O3/c1-3-10(2)12(14)13(18)15-5-4-11(17)16-6-8-19-9-7-16/h10,12H,3-9,14H2,1-2H3,(H,15,18). The first kappa shape index (κ1) is 15.9. The highest BCUT2D eigenvalue weighted by Gasteiger charge is 2.20. The maximum Gasteiger partial charge on any atom is 0.237 e. The van der Waals surface area contributed by atoms with Gasteiger partial charge in [-0.2, -0.15) is 0 Å². The lowest BCUT2D eigenvalue weighted by Gasteiger charge is -2.27. The van der Waals surface area contributed by atoms with E-state index in [0.29, 0.717) is 39.3 Å². The normalized spacial score (nSPS) is 18.8. The zero-order valence-corrected chi connectivity index (χ0v) is 11.9. The van der Waals surface area contributed by atoms with Gasteiger partial charge in [0.2, 0.25) is 11.8 Å². The molecule has 6 nitrogen and oxygen atoms in total. The quantitative estimate of drug-likeness (QED) is 0.696. The van der Waals surface area contributed by atoms with Crippen LogP contribution < -0.4 is 11.1 Å². The van der Waals surface area contributed by atoms with Crippen LogP contribution in [0.1, 0.15) is 26.7 Å². The average Bonchev–Trinajstić information content (AvgIpc) is 2.46. The van der Waals surface area contributed by atoms with E-state index < -0.39 is 6.04 Å². The molecular formula is C13H25N3O3. The molecule has 0 aromatic carbocycles. The lowest BCUT2D eigenvalue weighted by molar-refractivity contribution is -0.135. The first-order valence-electron chi connectivity index (χ1n) is 6.95. The van der Waals surface area contributed by atoms with Crippen molar-refractivity contribution >= 4 is 11.8 Å². The van der Waals surface area contributed by atoms with Gasteiger partial charge in [0, 0.05) is 26.1 Å². The van der Waals surface area contributed by atoms with E-state index in [9.17, 15) is 9.59 Å². The molecule has 0 aromatic heterocycles. The molecule has 3 N–H and O–H groups in total. The van der Waals surface area contributed by atoms with Crippen molar-refractivity contribution in [3.8, 4) is 0 Å². The fourth-order valence-electron chi connectivity index (χ4n) is 1.89. The lowest BCUT2D eigenvalue weighted by atomic mass is 9.99. The Morgan fingerprint density at radius 1 is 1.37 bits per heavy atom. The molecule has 1 rings (SSSR count). The van der Waals surface area contributed by atoms with Crippen molar-refractivity contribution in [1.29, 1.82) is 0 Å². The van der Waals surface area contributed by atoms with Crippen LogP contribution in [-0.4, -0.2) is 55.6 Å². The minimum Gasteiger partial charge on any atom is -0.378 e. The number of nitrogens with zero attached hydrogens (tertiary/aromatic N) is 1. The molecule has 1 heterocycles. The summed E-state index contributed by atoms with van der Waals surface area (Å²) in [6.07, 6.45) is 1.18. The summed E-state index contributed by atoms with van der Waals surface area (Å²) in [4.78, 5) is 25.3. The number of hydrogen-bond acceptors (Lipinski definition) is 4. The van der Waals surface area contributed by atoms with E-state index in [1.165, 1.54) is 0 Å². The van der Waals surface area contributed by atoms with Crippen LogP contribution in [0.25, 0.3) is 0 Å². The fraction of sp³-hybridized carbons (Fsp3) is 0.846. The van der Waals surface area contributed by atoms with Gasteiger partial charge in [-0.3, -0.25) is 9.59 Å². The highest BCUT2D eigenvalue weighted by atomic mass is 16.5. The van der Waals surface area contributed by atoms with E-state index in [-0.39, 0.29) is 17.7 Å². The number of amides is 2. The Balaban J connectivity index is 2.22. The van der Waals surface area contributed by atoms with Gasteiger partial charge < -0.3 is 20.7 Å². The summed E-state index contributed by atoms with van der Waals surface area (Å²) in [6, 6.07) is -0.497. The molecule has 19 heavy (non-hydrogen) atoms. The summed E-state index contributed by atoms with van der Waals surface area (Å²) >= 11 is 0. The first-order chi connectivity index (χ1) is 9.06. The van der Waals surface area contributed by atoms with Crippen LogP contribution in [0.5, 0.6) is 0 Å². The van der Waals surface area contributed by atoms with Gasteiger partial charge in [0.1, 0.15) is 0 Å². The van der Waals surface area contributed by atoms with Crippen LogP contribution in [0.3, 0.4) is 0 Å². The summed E-state index contributed by atoms with van der Waals surface area (Å²) in [5.41, 5.74) is 5.81. The van der Waals surface area contributed by atoms with E-state index in [4.69, 9.17) is 10.5 Å². The van der Waals surface area contributed by atoms with Gasteiger partial charge in [-0.15, -0.1) is 0 Å². The third-order valence-electron chi connectivity index (χ3n) is 3.56. The second kappa shape index (κ2) is 8.12. The SMILES string of the molecule is CCC(C)C(N)C(=O)NCCC(=O)N1CCOCC1. The van der Waals surface area contributed by atoms with Gasteiger partial charge in [0.15, 0.2) is 0 Å². The Morgan fingerprint density at radius 3 is 2.58 bits per heavy atom. The van der Waals surface area contributed by atoms with Gasteiger partial charge in [0.25, 0.3) is 0 Å². The predicted molar refractivity (Wildman–Crippen MR) is 72.5 cm³/mol. The van der Waals surface area contributed by atoms with Crippen LogP contribution >= 0.6 is 0 Å². The molecule has 0 aromatic rings. The Morgan fingerprint density at radius 2 is 2.00 bits per heavy atom. The predicted octanol–water partition coefficient (Wildman–Crippen LogP) is -0.275. The van der Waals surface area contributed by atoms with Crippen molar-refractivity contribution in [1.82, 2.24) is 10.2 Å². The molecule has 6 heteroatoms. The molecule has 1 aliphatic rings. The molecule has 1 aliphatic heterocycles. The molecule has 0 saturated carbocycles. The molecule has 1 fully saturated rings. The number of carbonyl (C=O) groups excluding carboxylic acids is 2. The van der Waals surface area contributed by atoms with Gasteiger partial charge >= 0.3 is 0 Å². The molecule has 0 spiro atoms. The maximum atomic E-state index is 11.8. The smallest absolute Gasteiger partial charge is 0.237 e. The molecule has 0 bridgehead atoms. The van der Waals surface area contributed by atoms with Gasteiger partial charge in [-0.25, -0.2) is 0 Å². The van der Waals surface area contributed by atoms with Crippen molar-refractivity contribution in [2.24, 2.45) is 11.7 Å². The Hall–Kier alpha value is -1.14. The molecule has 0 radical (unpaired) electrons. The lowest BCUT2D eigenvalue weighted by Crippen LogP contribution is -2.46. The highest BCUT2D eigenvalue weighted by Crippen LogP contribution is 2.05. The van der Waals surface area contributed by atoms with Crippen molar-refractivity contribution in [2.75, 3.05) is 32.8 Å². The largest absolute Gasteiger partial charge is 0.378 e. The van der Waals surface area contributed by atoms with E-state index in [1.807, 2.05) is 13.8 Å². The summed E-state index contributed by atoms with van der Waals surface area (Å²) in [7, 11) is 0. The van der Waals surface area contributed by atoms with Crippen molar-refractivity contribution < 1.29 is 14.3 Å². The Kier molecular flexibility index (Phi) is 6.80. The van der Waals surface area contributed by atoms with Gasteiger partial charge in [-0.1, -0.05) is 20.3 Å². The number of rotatable bonds is 6. The minimum absolute atomic E-state index is 0.0562. The van der Waals surface area contributed by atoms with Crippen LogP contribution in [0, 0.1) is 5.92 Å². The van der Waals surface area contributed by atoms with Crippen molar-refractivity contribution in [3.05, 3.63) is 0 Å². The van der Waals surface area contributed by atoms with Gasteiger partial charge in [-0.05, 0) is 5.92 Å². The third-order valence-corrected chi connectivity index (χ3v) is 3.56. The number of hydrogen-bond donors (Lipinski definition) is 2. The number of morpholine rings is 1. The second-order valence-corrected chi connectivity index (χ2v) is 4.95. The summed E-state index contributed by atoms with van der Waals surface area (Å²) in [6.45, 7) is 6.76. The van der Waals surface area contributed by atoms with E-state index in [0.717, 1.165) is 6.42 Å². The highest BCUT2D eigenvalue weighted by molar-refractivity contribution is 5.82. The van der Waals surface area contributed by atoms with Crippen molar-refractivity contribution in [2.45, 2.75) is 32.7 Å². The molecule has 2 unspecified atom stereocenters. The van der Waals surface area contributed by atoms with Crippen LogP contribution in [0.4, 0.5) is 0 Å². The topological polar surface area (TPSA) is 84.7 Å². The van der Waals surface area contributed by atoms with Crippen LogP contribution in [0.15, 0.2) is 0 Å². The molecule has 1 saturated heterocycles. The Bertz CT molecular complexity index is 290. The second-order valence-electron chi connectivity index (χ2n) is 4.95. The maximum absolute atomic E-state index is 11.8. The number of ether oxygens (including phenoxy) is 1. The van der Waals surface area contributed by atoms with Crippen LogP contribution in [-0.2, 0) is 14.3 Å². The van der Waals surface area contributed by atoms with Crippen LogP contribution in [0.2, 0.25) is 0 Å². The summed E-state index contributed by atoms with van der Waals surface area (Å²) in [5, 5.41) is 2.72.